The summed E-state index contributed by atoms with van der Waals surface area (Å²) in [6.07, 6.45) is 17.0. The Morgan fingerprint density at radius 3 is 0.906 bits per heavy atom. The van der Waals surface area contributed by atoms with Gasteiger partial charge >= 0.3 is 0 Å². The van der Waals surface area contributed by atoms with Crippen LogP contribution in [0.5, 0.6) is 0 Å². The highest BCUT2D eigenvalue weighted by Gasteiger charge is 2.28. The molecule has 1 aromatic carbocycles. The van der Waals surface area contributed by atoms with Gasteiger partial charge in [-0.2, -0.15) is 0 Å². The van der Waals surface area contributed by atoms with Crippen molar-refractivity contribution in [2.24, 2.45) is 72.4 Å². The van der Waals surface area contributed by atoms with E-state index < -0.39 is 0 Å². The van der Waals surface area contributed by atoms with E-state index in [1.807, 2.05) is 0 Å². The molecular formula is C64H132. The summed E-state index contributed by atoms with van der Waals surface area (Å²) in [5, 5.41) is 0. The molecule has 1 atom stereocenters. The second kappa shape index (κ2) is 30.7. The molecule has 0 aromatic heterocycles. The van der Waals surface area contributed by atoms with Crippen LogP contribution in [0.3, 0.4) is 0 Å². The molecule has 2 aliphatic carbocycles. The summed E-state index contributed by atoms with van der Waals surface area (Å²) < 4.78 is 0. The van der Waals surface area contributed by atoms with Gasteiger partial charge < -0.3 is 0 Å². The highest BCUT2D eigenvalue weighted by atomic mass is 14.3. The summed E-state index contributed by atoms with van der Waals surface area (Å²) in [5.41, 5.74) is 7.28. The highest BCUT2D eigenvalue weighted by molar-refractivity contribution is 5.26. The van der Waals surface area contributed by atoms with Crippen LogP contribution in [0.25, 0.3) is 0 Å². The van der Waals surface area contributed by atoms with Gasteiger partial charge in [-0.05, 0) is 129 Å². The molecule has 64 heavy (non-hydrogen) atoms. The van der Waals surface area contributed by atoms with E-state index in [4.69, 9.17) is 0 Å². The maximum Gasteiger partial charge on any atom is -0.0227 e. The van der Waals surface area contributed by atoms with Crippen molar-refractivity contribution in [3.05, 3.63) is 35.4 Å². The molecule has 2 saturated carbocycles. The summed E-state index contributed by atoms with van der Waals surface area (Å²) in [7, 11) is 0. The summed E-state index contributed by atoms with van der Waals surface area (Å²) in [6, 6.07) is 8.62. The molecule has 2 fully saturated rings. The van der Waals surface area contributed by atoms with Crippen LogP contribution in [-0.4, -0.2) is 0 Å². The van der Waals surface area contributed by atoms with Crippen LogP contribution in [0.15, 0.2) is 24.3 Å². The first-order valence-electron chi connectivity index (χ1n) is 26.6. The zero-order valence-corrected chi connectivity index (χ0v) is 50.6. The molecule has 3 rings (SSSR count). The molecule has 0 heterocycles. The van der Waals surface area contributed by atoms with Crippen molar-refractivity contribution < 1.29 is 0 Å². The van der Waals surface area contributed by atoms with Crippen molar-refractivity contribution in [2.45, 2.75) is 306 Å². The lowest BCUT2D eigenvalue weighted by Gasteiger charge is -2.34. The first-order valence-corrected chi connectivity index (χ1v) is 26.6. The zero-order chi connectivity index (χ0) is 51.3. The van der Waals surface area contributed by atoms with Gasteiger partial charge in [0.05, 0.1) is 0 Å². The van der Waals surface area contributed by atoms with Crippen molar-refractivity contribution in [1.29, 1.82) is 0 Å². The Morgan fingerprint density at radius 2 is 0.750 bits per heavy atom. The second-order valence-electron chi connectivity index (χ2n) is 30.7. The summed E-state index contributed by atoms with van der Waals surface area (Å²) in [5.74, 6) is 3.66. The predicted octanol–water partition coefficient (Wildman–Crippen LogP) is 23.4. The average molecular weight is 902 g/mol. The molecule has 1 aromatic rings. The van der Waals surface area contributed by atoms with Crippen molar-refractivity contribution >= 4 is 0 Å². The molecular weight excluding hydrogens is 769 g/mol. The van der Waals surface area contributed by atoms with Crippen molar-refractivity contribution in [2.75, 3.05) is 0 Å². The van der Waals surface area contributed by atoms with Crippen molar-refractivity contribution in [3.63, 3.8) is 0 Å². The summed E-state index contributed by atoms with van der Waals surface area (Å²) in [6.45, 7) is 73.3. The maximum atomic E-state index is 2.38. The fourth-order valence-electron chi connectivity index (χ4n) is 7.34. The monoisotopic (exact) mass is 901 g/mol. The molecule has 1 unspecified atom stereocenters. The lowest BCUT2D eigenvalue weighted by Crippen LogP contribution is -2.25. The standard InChI is InChI=1S/C12H18.C10H20.C9H18.C9H20.2C8H18.C7H16.CH4/c1-10-7-5-6-8-11(10)9-12(2,3)4;1-10(2,3)9-7-5-4-6-8-9;1-9(2,3)8-6-4-5-7-8;1-8(2,3)7-9(4,5)6;1-7(2,3)8(4,5)6;1-6-7(2)8(3,4)5;1-6(2)7(3,4)5;/h5-8H,9H2,1-4H3;9H,4-8H2,1-3H3;8H,4-7H2,1-3H3;7H2,1-6H3;1-6H3;7H,6H2,1-5H3;6H,1-5H3;1H4. The van der Waals surface area contributed by atoms with Gasteiger partial charge in [0.1, 0.15) is 0 Å². The van der Waals surface area contributed by atoms with Crippen LogP contribution >= 0.6 is 0 Å². The number of hydrogen-bond donors (Lipinski definition) is 0. The summed E-state index contributed by atoms with van der Waals surface area (Å²) >= 11 is 0. The van der Waals surface area contributed by atoms with E-state index in [-0.39, 0.29) is 7.43 Å². The van der Waals surface area contributed by atoms with Crippen LogP contribution in [0, 0.1) is 79.3 Å². The third-order valence-corrected chi connectivity index (χ3v) is 14.5. The van der Waals surface area contributed by atoms with Crippen molar-refractivity contribution in [1.82, 2.24) is 0 Å². The van der Waals surface area contributed by atoms with E-state index in [9.17, 15) is 0 Å². The lowest BCUT2D eigenvalue weighted by atomic mass is 9.71. The number of benzene rings is 1. The molecule has 0 bridgehead atoms. The van der Waals surface area contributed by atoms with Crippen LogP contribution < -0.4 is 0 Å². The van der Waals surface area contributed by atoms with Crippen LogP contribution in [0.1, 0.15) is 304 Å². The third kappa shape index (κ3) is 43.8. The third-order valence-electron chi connectivity index (χ3n) is 14.5. The number of aryl methyl sites for hydroxylation is 1. The van der Waals surface area contributed by atoms with E-state index in [0.717, 1.165) is 23.7 Å². The first-order chi connectivity index (χ1) is 27.6. The molecule has 0 radical (unpaired) electrons. The summed E-state index contributed by atoms with van der Waals surface area (Å²) in [4.78, 5) is 0. The Kier molecular flexibility index (Phi) is 34.6. The number of rotatable bonds is 2. The van der Waals surface area contributed by atoms with E-state index in [1.54, 1.807) is 0 Å². The van der Waals surface area contributed by atoms with Gasteiger partial charge in [0.2, 0.25) is 0 Å². The van der Waals surface area contributed by atoms with E-state index in [0.29, 0.717) is 48.7 Å². The van der Waals surface area contributed by atoms with Gasteiger partial charge in [-0.3, -0.25) is 0 Å². The topological polar surface area (TPSA) is 0 Å². The van der Waals surface area contributed by atoms with Crippen molar-refractivity contribution in [3.8, 4) is 0 Å². The average Bonchev–Trinajstić information content (AvgIpc) is 3.60. The van der Waals surface area contributed by atoms with Crippen LogP contribution in [-0.2, 0) is 6.42 Å². The second-order valence-corrected chi connectivity index (χ2v) is 30.7. The Morgan fingerprint density at radius 1 is 0.453 bits per heavy atom. The van der Waals surface area contributed by atoms with Gasteiger partial charge in [-0.15, -0.1) is 0 Å². The molecule has 0 heteroatoms. The van der Waals surface area contributed by atoms with E-state index in [2.05, 4.69) is 246 Å². The fourth-order valence-corrected chi connectivity index (χ4v) is 7.34. The molecule has 0 amide bonds. The SMILES string of the molecule is C.CC(C)(C)C(C)(C)C.CC(C)(C)C1CCCC1.CC(C)(C)C1CCCCC1.CC(C)(C)CC(C)(C)C.CC(C)C(C)(C)C.CCC(C)C(C)(C)C.Cc1ccccc1CC(C)(C)C. The van der Waals surface area contributed by atoms with E-state index in [1.165, 1.54) is 88.2 Å². The van der Waals surface area contributed by atoms with Gasteiger partial charge in [0, 0.05) is 0 Å². The normalized spacial score (nSPS) is 16.2. The minimum Gasteiger partial charge on any atom is -0.0776 e. The predicted molar refractivity (Wildman–Crippen MR) is 304 cm³/mol. The van der Waals surface area contributed by atoms with Crippen LogP contribution in [0.4, 0.5) is 0 Å². The smallest absolute Gasteiger partial charge is 0.0227 e. The molecule has 0 nitrogen and oxygen atoms in total. The maximum absolute atomic E-state index is 2.38. The lowest BCUT2D eigenvalue weighted by molar-refractivity contribution is 0.157. The fraction of sp³-hybridized carbons (Fsp3) is 0.906. The number of hydrogen-bond acceptors (Lipinski definition) is 0. The van der Waals surface area contributed by atoms with Crippen LogP contribution in [0.2, 0.25) is 0 Å². The molecule has 2 aliphatic rings. The minimum atomic E-state index is 0. The molecule has 0 N–H and O–H groups in total. The Hall–Kier alpha value is -0.780. The largest absolute Gasteiger partial charge is 0.0776 e. The zero-order valence-electron chi connectivity index (χ0n) is 50.6. The van der Waals surface area contributed by atoms with E-state index >= 15 is 0 Å². The van der Waals surface area contributed by atoms with Gasteiger partial charge in [0.25, 0.3) is 0 Å². The Balaban J connectivity index is -0.000000212. The highest BCUT2D eigenvalue weighted by Crippen LogP contribution is 2.40. The molecule has 0 saturated heterocycles. The quantitative estimate of drug-likeness (QED) is 0.277. The Labute approximate surface area is 412 Å². The minimum absolute atomic E-state index is 0. The van der Waals surface area contributed by atoms with Gasteiger partial charge in [-0.1, -0.05) is 285 Å². The van der Waals surface area contributed by atoms with Gasteiger partial charge in [-0.25, -0.2) is 0 Å². The first kappa shape index (κ1) is 72.2. The molecule has 0 spiro atoms. The van der Waals surface area contributed by atoms with Gasteiger partial charge in [0.15, 0.2) is 0 Å². The molecule has 0 aliphatic heterocycles. The Bertz CT molecular complexity index is 1190. The molecule has 388 valence electrons.